The second-order valence-corrected chi connectivity index (χ2v) is 7.86. The van der Waals surface area contributed by atoms with Crippen molar-refractivity contribution >= 4 is 46.3 Å². The molecule has 1 fully saturated rings. The average Bonchev–Trinajstić information content (AvgIpc) is 3.28. The number of thioether (sulfide) groups is 1. The zero-order chi connectivity index (χ0) is 20.8. The van der Waals surface area contributed by atoms with Gasteiger partial charge in [-0.25, -0.2) is 4.79 Å². The number of amides is 1. The summed E-state index contributed by atoms with van der Waals surface area (Å²) in [5.41, 5.74) is 1.31. The van der Waals surface area contributed by atoms with Crippen molar-refractivity contribution in [1.82, 2.24) is 4.90 Å². The summed E-state index contributed by atoms with van der Waals surface area (Å²) in [5, 5.41) is 0. The molecule has 0 aliphatic carbocycles. The Morgan fingerprint density at radius 2 is 2.00 bits per heavy atom. The zero-order valence-electron chi connectivity index (χ0n) is 16.2. The Hall–Kier alpha value is -2.42. The Morgan fingerprint density at radius 1 is 1.24 bits per heavy atom. The standard InChI is InChI=1S/C21H21NO5S2/c1-3-26-20(24)15-7-5-14(6-8-15)17-10-9-16(27-17)13-18-19(23)22(21(28)29-18)11-4-12-25-2/h5-10,13H,3-4,11-12H2,1-2H3/b18-13-. The van der Waals surface area contributed by atoms with E-state index in [2.05, 4.69) is 0 Å². The number of carbonyl (C=O) groups excluding carboxylic acids is 2. The Balaban J connectivity index is 1.71. The number of hydrogen-bond acceptors (Lipinski definition) is 7. The van der Waals surface area contributed by atoms with Crippen LogP contribution in [-0.4, -0.2) is 48.0 Å². The minimum atomic E-state index is -0.355. The predicted octanol–water partition coefficient (Wildman–Crippen LogP) is 4.36. The van der Waals surface area contributed by atoms with Crippen LogP contribution in [0.2, 0.25) is 0 Å². The Bertz CT molecular complexity index is 933. The fourth-order valence-electron chi connectivity index (χ4n) is 2.76. The van der Waals surface area contributed by atoms with E-state index >= 15 is 0 Å². The van der Waals surface area contributed by atoms with Crippen LogP contribution in [0, 0.1) is 0 Å². The molecule has 0 N–H and O–H groups in total. The highest BCUT2D eigenvalue weighted by atomic mass is 32.2. The molecule has 1 aliphatic rings. The molecule has 1 aromatic carbocycles. The molecule has 1 saturated heterocycles. The molecule has 6 nitrogen and oxygen atoms in total. The fourth-order valence-corrected chi connectivity index (χ4v) is 4.05. The first-order chi connectivity index (χ1) is 14.0. The van der Waals surface area contributed by atoms with E-state index in [0.717, 1.165) is 12.0 Å². The predicted molar refractivity (Wildman–Crippen MR) is 116 cm³/mol. The summed E-state index contributed by atoms with van der Waals surface area (Å²) >= 11 is 6.58. The number of carbonyl (C=O) groups is 2. The molecule has 2 heterocycles. The van der Waals surface area contributed by atoms with Gasteiger partial charge in [-0.05, 0) is 37.6 Å². The average molecular weight is 432 g/mol. The smallest absolute Gasteiger partial charge is 0.338 e. The Labute approximate surface area is 178 Å². The molecule has 3 rings (SSSR count). The van der Waals surface area contributed by atoms with Crippen molar-refractivity contribution < 1.29 is 23.5 Å². The van der Waals surface area contributed by atoms with Crippen LogP contribution in [0.1, 0.15) is 29.5 Å². The van der Waals surface area contributed by atoms with Crippen molar-refractivity contribution in [2.75, 3.05) is 26.9 Å². The van der Waals surface area contributed by atoms with Gasteiger partial charge >= 0.3 is 5.97 Å². The second-order valence-electron chi connectivity index (χ2n) is 6.18. The van der Waals surface area contributed by atoms with Gasteiger partial charge in [0, 0.05) is 31.9 Å². The lowest BCUT2D eigenvalue weighted by atomic mass is 10.1. The maximum absolute atomic E-state index is 12.6. The van der Waals surface area contributed by atoms with Gasteiger partial charge in [0.25, 0.3) is 5.91 Å². The highest BCUT2D eigenvalue weighted by Crippen LogP contribution is 2.33. The summed E-state index contributed by atoms with van der Waals surface area (Å²) in [6.07, 6.45) is 2.43. The van der Waals surface area contributed by atoms with E-state index in [1.807, 2.05) is 6.07 Å². The molecule has 29 heavy (non-hydrogen) atoms. The monoisotopic (exact) mass is 431 g/mol. The largest absolute Gasteiger partial charge is 0.462 e. The molecule has 1 aliphatic heterocycles. The molecule has 2 aromatic rings. The lowest BCUT2D eigenvalue weighted by molar-refractivity contribution is -0.122. The lowest BCUT2D eigenvalue weighted by Gasteiger charge is -2.13. The van der Waals surface area contributed by atoms with E-state index in [-0.39, 0.29) is 11.9 Å². The maximum Gasteiger partial charge on any atom is 0.338 e. The van der Waals surface area contributed by atoms with Crippen molar-refractivity contribution in [3.05, 3.63) is 52.6 Å². The number of rotatable bonds is 8. The number of nitrogens with zero attached hydrogens (tertiary/aromatic N) is 1. The van der Waals surface area contributed by atoms with E-state index in [0.29, 0.717) is 46.1 Å². The van der Waals surface area contributed by atoms with Crippen LogP contribution in [0.3, 0.4) is 0 Å². The van der Waals surface area contributed by atoms with Crippen LogP contribution in [-0.2, 0) is 14.3 Å². The second kappa shape index (κ2) is 9.87. The van der Waals surface area contributed by atoms with Gasteiger partial charge in [-0.3, -0.25) is 9.69 Å². The molecule has 8 heteroatoms. The summed E-state index contributed by atoms with van der Waals surface area (Å²) in [6.45, 7) is 3.21. The van der Waals surface area contributed by atoms with Crippen molar-refractivity contribution in [1.29, 1.82) is 0 Å². The van der Waals surface area contributed by atoms with Crippen LogP contribution in [0.4, 0.5) is 0 Å². The van der Waals surface area contributed by atoms with Gasteiger partial charge in [-0.1, -0.05) is 36.1 Å². The van der Waals surface area contributed by atoms with Gasteiger partial charge in [0.2, 0.25) is 0 Å². The van der Waals surface area contributed by atoms with E-state index in [1.165, 1.54) is 11.8 Å². The molecular weight excluding hydrogens is 410 g/mol. The number of thiocarbonyl (C=S) groups is 1. The van der Waals surface area contributed by atoms with Crippen molar-refractivity contribution in [2.24, 2.45) is 0 Å². The zero-order valence-corrected chi connectivity index (χ0v) is 17.8. The number of esters is 1. The summed E-state index contributed by atoms with van der Waals surface area (Å²) in [7, 11) is 1.63. The SMILES string of the molecule is CCOC(=O)c1ccc(-c2ccc(/C=C3\SC(=S)N(CCCOC)C3=O)o2)cc1. The van der Waals surface area contributed by atoms with Gasteiger partial charge in [0.15, 0.2) is 0 Å². The summed E-state index contributed by atoms with van der Waals surface area (Å²) in [4.78, 5) is 26.4. The van der Waals surface area contributed by atoms with E-state index < -0.39 is 0 Å². The lowest BCUT2D eigenvalue weighted by Crippen LogP contribution is -2.29. The first-order valence-electron chi connectivity index (χ1n) is 9.15. The van der Waals surface area contributed by atoms with Gasteiger partial charge < -0.3 is 13.9 Å². The van der Waals surface area contributed by atoms with E-state index in [9.17, 15) is 9.59 Å². The number of ether oxygens (including phenoxy) is 2. The van der Waals surface area contributed by atoms with Crippen molar-refractivity contribution in [2.45, 2.75) is 13.3 Å². The molecule has 1 aromatic heterocycles. The first kappa shape index (κ1) is 21.3. The summed E-state index contributed by atoms with van der Waals surface area (Å²) in [5.74, 6) is 0.730. The third kappa shape index (κ3) is 5.14. The van der Waals surface area contributed by atoms with Crippen LogP contribution in [0.25, 0.3) is 17.4 Å². The normalized spacial score (nSPS) is 15.4. The molecule has 0 unspecified atom stereocenters. The molecule has 0 atom stereocenters. The van der Waals surface area contributed by atoms with E-state index in [4.69, 9.17) is 26.1 Å². The number of hydrogen-bond donors (Lipinski definition) is 0. The summed E-state index contributed by atoms with van der Waals surface area (Å²) in [6, 6.07) is 10.6. The highest BCUT2D eigenvalue weighted by Gasteiger charge is 2.31. The topological polar surface area (TPSA) is 69.0 Å². The van der Waals surface area contributed by atoms with Crippen molar-refractivity contribution in [3.63, 3.8) is 0 Å². The molecule has 0 radical (unpaired) electrons. The molecule has 0 bridgehead atoms. The Morgan fingerprint density at radius 3 is 2.69 bits per heavy atom. The number of furan rings is 1. The molecule has 1 amide bonds. The van der Waals surface area contributed by atoms with Crippen LogP contribution in [0.15, 0.2) is 45.7 Å². The molecule has 0 spiro atoms. The van der Waals surface area contributed by atoms with E-state index in [1.54, 1.807) is 55.3 Å². The van der Waals surface area contributed by atoms with Crippen LogP contribution < -0.4 is 0 Å². The van der Waals surface area contributed by atoms with Crippen LogP contribution >= 0.6 is 24.0 Å². The van der Waals surface area contributed by atoms with Crippen LogP contribution in [0.5, 0.6) is 0 Å². The quantitative estimate of drug-likeness (QED) is 0.266. The molecular formula is C21H21NO5S2. The number of benzene rings is 1. The van der Waals surface area contributed by atoms with Gasteiger partial charge in [0.1, 0.15) is 15.8 Å². The maximum atomic E-state index is 12.6. The Kier molecular flexibility index (Phi) is 7.24. The molecule has 0 saturated carbocycles. The number of methoxy groups -OCH3 is 1. The van der Waals surface area contributed by atoms with Gasteiger partial charge in [-0.2, -0.15) is 0 Å². The molecule has 152 valence electrons. The third-order valence-electron chi connectivity index (χ3n) is 4.18. The highest BCUT2D eigenvalue weighted by molar-refractivity contribution is 8.26. The third-order valence-corrected chi connectivity index (χ3v) is 5.56. The fraction of sp³-hybridized carbons (Fsp3) is 0.286. The minimum absolute atomic E-state index is 0.118. The van der Waals surface area contributed by atoms with Crippen molar-refractivity contribution in [3.8, 4) is 11.3 Å². The summed E-state index contributed by atoms with van der Waals surface area (Å²) < 4.78 is 16.4. The minimum Gasteiger partial charge on any atom is -0.462 e. The van der Waals surface area contributed by atoms with Gasteiger partial charge in [-0.15, -0.1) is 0 Å². The first-order valence-corrected chi connectivity index (χ1v) is 10.4. The van der Waals surface area contributed by atoms with Gasteiger partial charge in [0.05, 0.1) is 17.1 Å².